The van der Waals surface area contributed by atoms with Gasteiger partial charge in [0, 0.05) is 0 Å². The van der Waals surface area contributed by atoms with Crippen molar-refractivity contribution >= 4 is 5.69 Å². The molecule has 0 saturated heterocycles. The van der Waals surface area contributed by atoms with Crippen LogP contribution in [0.3, 0.4) is 0 Å². The van der Waals surface area contributed by atoms with Crippen molar-refractivity contribution in [3.05, 3.63) is 46.9 Å². The Morgan fingerprint density at radius 2 is 1.45 bits per heavy atom. The van der Waals surface area contributed by atoms with Gasteiger partial charge in [0.25, 0.3) is 0 Å². The van der Waals surface area contributed by atoms with E-state index in [4.69, 9.17) is 11.0 Å². The maximum Gasteiger partial charge on any atom is 0.200 e. The van der Waals surface area contributed by atoms with Gasteiger partial charge >= 0.3 is 0 Å². The molecule has 8 heteroatoms. The molecule has 2 rings (SSSR count). The van der Waals surface area contributed by atoms with Gasteiger partial charge in [-0.15, -0.1) is 0 Å². The van der Waals surface area contributed by atoms with E-state index in [2.05, 4.69) is 4.98 Å². The number of hydrogen-bond donors (Lipinski definition) is 1. The Hall–Kier alpha value is -2.69. The lowest BCUT2D eigenvalue weighted by Gasteiger charge is -2.08. The number of benzene rings is 1. The Morgan fingerprint density at radius 3 is 1.95 bits per heavy atom. The predicted octanol–water partition coefficient (Wildman–Crippen LogP) is 2.90. The topological polar surface area (TPSA) is 62.7 Å². The van der Waals surface area contributed by atoms with Crippen LogP contribution in [-0.2, 0) is 0 Å². The van der Waals surface area contributed by atoms with Crippen LogP contribution < -0.4 is 5.73 Å². The highest BCUT2D eigenvalue weighted by Crippen LogP contribution is 2.31. The molecular weight excluding hydrogens is 281 g/mol. The average molecular weight is 285 g/mol. The monoisotopic (exact) mass is 285 g/mol. The molecule has 0 atom stereocenters. The molecule has 1 aromatic carbocycles. The van der Waals surface area contributed by atoms with Crippen molar-refractivity contribution in [2.45, 2.75) is 0 Å². The summed E-state index contributed by atoms with van der Waals surface area (Å²) in [4.78, 5) is 3.48. The summed E-state index contributed by atoms with van der Waals surface area (Å²) in [5.74, 6) is -10.5. The number of rotatable bonds is 1. The number of aromatic nitrogens is 1. The first-order valence-electron chi connectivity index (χ1n) is 5.06. The average Bonchev–Trinajstić information content (AvgIpc) is 2.45. The second kappa shape index (κ2) is 4.77. The van der Waals surface area contributed by atoms with Gasteiger partial charge in [0.05, 0.1) is 28.7 Å². The zero-order chi connectivity index (χ0) is 15.0. The summed E-state index contributed by atoms with van der Waals surface area (Å²) in [5, 5.41) is 8.73. The van der Waals surface area contributed by atoms with E-state index in [0.717, 1.165) is 12.3 Å². The van der Waals surface area contributed by atoms with Gasteiger partial charge in [-0.25, -0.2) is 22.0 Å². The molecule has 0 unspecified atom stereocenters. The van der Waals surface area contributed by atoms with E-state index >= 15 is 0 Å². The minimum absolute atomic E-state index is 0.0832. The standard InChI is InChI=1S/C12H4F5N3/c13-8-7(9(14)11(16)12(17)10(8)15)6-1-4(2-18)5(19)3-20-6/h1,3H,19H2. The van der Waals surface area contributed by atoms with Gasteiger partial charge in [-0.1, -0.05) is 0 Å². The zero-order valence-corrected chi connectivity index (χ0v) is 9.52. The third-order valence-corrected chi connectivity index (χ3v) is 2.52. The Bertz CT molecular complexity index is 723. The molecule has 0 radical (unpaired) electrons. The number of nitrogens with zero attached hydrogens (tertiary/aromatic N) is 2. The summed E-state index contributed by atoms with van der Waals surface area (Å²) in [6, 6.07) is 2.45. The van der Waals surface area contributed by atoms with Gasteiger partial charge in [0.15, 0.2) is 23.3 Å². The first-order chi connectivity index (χ1) is 9.38. The van der Waals surface area contributed by atoms with Crippen LogP contribution in [-0.4, -0.2) is 4.98 Å². The molecule has 2 aromatic rings. The molecule has 1 heterocycles. The molecule has 20 heavy (non-hydrogen) atoms. The molecular formula is C12H4F5N3. The molecule has 0 fully saturated rings. The molecule has 0 aliphatic carbocycles. The number of nitrogen functional groups attached to an aromatic ring is 1. The summed E-state index contributed by atoms with van der Waals surface area (Å²) in [5.41, 5.74) is 3.29. The maximum atomic E-state index is 13.5. The summed E-state index contributed by atoms with van der Waals surface area (Å²) in [7, 11) is 0. The molecule has 0 saturated carbocycles. The third-order valence-electron chi connectivity index (χ3n) is 2.52. The highest BCUT2D eigenvalue weighted by molar-refractivity contribution is 5.66. The van der Waals surface area contributed by atoms with Gasteiger partial charge in [-0.3, -0.25) is 4.98 Å². The third kappa shape index (κ3) is 1.93. The van der Waals surface area contributed by atoms with E-state index in [0.29, 0.717) is 0 Å². The Kier molecular flexibility index (Phi) is 3.28. The van der Waals surface area contributed by atoms with E-state index in [1.165, 1.54) is 0 Å². The van der Waals surface area contributed by atoms with Crippen LogP contribution in [0.2, 0.25) is 0 Å². The van der Waals surface area contributed by atoms with Crippen molar-refractivity contribution in [3.63, 3.8) is 0 Å². The van der Waals surface area contributed by atoms with Gasteiger partial charge in [-0.2, -0.15) is 5.26 Å². The lowest BCUT2D eigenvalue weighted by Crippen LogP contribution is -2.05. The van der Waals surface area contributed by atoms with Crippen molar-refractivity contribution in [1.82, 2.24) is 4.98 Å². The number of nitriles is 1. The van der Waals surface area contributed by atoms with Crippen LogP contribution >= 0.6 is 0 Å². The second-order valence-electron chi connectivity index (χ2n) is 3.71. The number of halogens is 5. The fourth-order valence-corrected chi connectivity index (χ4v) is 1.53. The molecule has 3 nitrogen and oxygen atoms in total. The normalized spacial score (nSPS) is 10.4. The molecule has 0 aliphatic heterocycles. The van der Waals surface area contributed by atoms with Gasteiger partial charge < -0.3 is 5.73 Å². The largest absolute Gasteiger partial charge is 0.396 e. The Morgan fingerprint density at radius 1 is 0.950 bits per heavy atom. The SMILES string of the molecule is N#Cc1cc(-c2c(F)c(F)c(F)c(F)c2F)ncc1N. The van der Waals surface area contributed by atoms with E-state index in [9.17, 15) is 22.0 Å². The fraction of sp³-hybridized carbons (Fsp3) is 0. The molecule has 2 N–H and O–H groups in total. The van der Waals surface area contributed by atoms with Crippen LogP contribution in [0.15, 0.2) is 12.3 Å². The lowest BCUT2D eigenvalue weighted by molar-refractivity contribution is 0.381. The van der Waals surface area contributed by atoms with Crippen molar-refractivity contribution in [3.8, 4) is 17.3 Å². The molecule has 0 aliphatic rings. The smallest absolute Gasteiger partial charge is 0.200 e. The molecule has 0 bridgehead atoms. The first-order valence-corrected chi connectivity index (χ1v) is 5.06. The zero-order valence-electron chi connectivity index (χ0n) is 9.52. The minimum Gasteiger partial charge on any atom is -0.396 e. The van der Waals surface area contributed by atoms with Crippen LogP contribution in [0, 0.1) is 40.4 Å². The highest BCUT2D eigenvalue weighted by Gasteiger charge is 2.27. The van der Waals surface area contributed by atoms with Gasteiger partial charge in [0.2, 0.25) is 5.82 Å². The Labute approximate surface area is 109 Å². The summed E-state index contributed by atoms with van der Waals surface area (Å²) in [6.45, 7) is 0. The molecule has 1 aromatic heterocycles. The van der Waals surface area contributed by atoms with Gasteiger partial charge in [-0.05, 0) is 6.07 Å². The highest BCUT2D eigenvalue weighted by atomic mass is 19.2. The Balaban J connectivity index is 2.81. The van der Waals surface area contributed by atoms with Crippen LogP contribution in [0.25, 0.3) is 11.3 Å². The molecule has 102 valence electrons. The van der Waals surface area contributed by atoms with Crippen LogP contribution in [0.5, 0.6) is 0 Å². The second-order valence-corrected chi connectivity index (χ2v) is 3.71. The van der Waals surface area contributed by atoms with E-state index in [-0.39, 0.29) is 11.3 Å². The van der Waals surface area contributed by atoms with Crippen molar-refractivity contribution < 1.29 is 22.0 Å². The number of nitrogens with two attached hydrogens (primary N) is 1. The maximum absolute atomic E-state index is 13.5. The molecule has 0 amide bonds. The predicted molar refractivity (Wildman–Crippen MR) is 58.6 cm³/mol. The summed E-state index contributed by atoms with van der Waals surface area (Å²) < 4.78 is 66.1. The van der Waals surface area contributed by atoms with Crippen molar-refractivity contribution in [1.29, 1.82) is 5.26 Å². The lowest BCUT2D eigenvalue weighted by atomic mass is 10.1. The quantitative estimate of drug-likeness (QED) is 0.498. The van der Waals surface area contributed by atoms with E-state index in [1.807, 2.05) is 0 Å². The van der Waals surface area contributed by atoms with Gasteiger partial charge in [0.1, 0.15) is 6.07 Å². The van der Waals surface area contributed by atoms with E-state index in [1.54, 1.807) is 6.07 Å². The van der Waals surface area contributed by atoms with Crippen LogP contribution in [0.1, 0.15) is 5.56 Å². The van der Waals surface area contributed by atoms with Crippen molar-refractivity contribution in [2.24, 2.45) is 0 Å². The number of pyridine rings is 1. The number of hydrogen-bond acceptors (Lipinski definition) is 3. The van der Waals surface area contributed by atoms with Crippen LogP contribution in [0.4, 0.5) is 27.6 Å². The van der Waals surface area contributed by atoms with Crippen molar-refractivity contribution in [2.75, 3.05) is 5.73 Å². The molecule has 0 spiro atoms. The van der Waals surface area contributed by atoms with E-state index < -0.39 is 40.3 Å². The summed E-state index contributed by atoms with van der Waals surface area (Å²) in [6.07, 6.45) is 0.895. The number of anilines is 1. The first kappa shape index (κ1) is 13.7. The fourth-order valence-electron chi connectivity index (χ4n) is 1.53. The summed E-state index contributed by atoms with van der Waals surface area (Å²) >= 11 is 0. The minimum atomic E-state index is -2.26.